The number of rotatable bonds is 9. The number of carbonyl (C=O) groups excluding carboxylic acids is 1. The maximum atomic E-state index is 12.4. The van der Waals surface area contributed by atoms with Crippen molar-refractivity contribution in [3.8, 4) is 5.75 Å². The number of thioether (sulfide) groups is 1. The Labute approximate surface area is 163 Å². The third kappa shape index (κ3) is 5.01. The van der Waals surface area contributed by atoms with Crippen molar-refractivity contribution in [1.82, 2.24) is 19.9 Å². The second-order valence-electron chi connectivity index (χ2n) is 6.17. The molecular formula is C20H24N4O2S. The predicted octanol–water partition coefficient (Wildman–Crippen LogP) is 3.28. The Bertz CT molecular complexity index is 879. The number of nitrogens with zero attached hydrogens (tertiary/aromatic N) is 3. The zero-order chi connectivity index (χ0) is 19.1. The molecule has 1 aromatic carbocycles. The summed E-state index contributed by atoms with van der Waals surface area (Å²) in [5.74, 6) is 2.16. The second-order valence-corrected chi connectivity index (χ2v) is 7.16. The number of hydrogen-bond donors (Lipinski definition) is 1. The number of aromatic nitrogens is 3. The molecule has 3 aromatic rings. The van der Waals surface area contributed by atoms with Gasteiger partial charge in [0.1, 0.15) is 5.75 Å². The number of carbonyl (C=O) groups is 1. The molecule has 1 atom stereocenters. The Balaban J connectivity index is 1.65. The minimum absolute atomic E-state index is 0.0298. The van der Waals surface area contributed by atoms with Crippen molar-refractivity contribution in [2.45, 2.75) is 25.8 Å². The van der Waals surface area contributed by atoms with Crippen LogP contribution in [0.4, 0.5) is 0 Å². The van der Waals surface area contributed by atoms with E-state index in [1.807, 2.05) is 59.3 Å². The first-order valence-corrected chi connectivity index (χ1v) is 10.4. The Morgan fingerprint density at radius 2 is 2.04 bits per heavy atom. The van der Waals surface area contributed by atoms with Gasteiger partial charge in [0.2, 0.25) is 0 Å². The van der Waals surface area contributed by atoms with E-state index in [0.29, 0.717) is 5.75 Å². The summed E-state index contributed by atoms with van der Waals surface area (Å²) in [7, 11) is 0. The Morgan fingerprint density at radius 1 is 1.22 bits per heavy atom. The monoisotopic (exact) mass is 384 g/mol. The number of hydrogen-bond acceptors (Lipinski definition) is 5. The largest absolute Gasteiger partial charge is 0.484 e. The van der Waals surface area contributed by atoms with Gasteiger partial charge in [-0.05, 0) is 54.7 Å². The van der Waals surface area contributed by atoms with Crippen molar-refractivity contribution >= 4 is 23.3 Å². The van der Waals surface area contributed by atoms with E-state index in [1.54, 1.807) is 11.8 Å². The third-order valence-corrected chi connectivity index (χ3v) is 4.94. The number of amides is 1. The molecule has 1 amide bonds. The first-order chi connectivity index (χ1) is 13.2. The number of nitrogens with one attached hydrogen (secondary N) is 1. The summed E-state index contributed by atoms with van der Waals surface area (Å²) in [6.07, 6.45) is 5.70. The molecule has 2 aromatic heterocycles. The Hall–Kier alpha value is -2.54. The molecule has 6 nitrogen and oxygen atoms in total. The second kappa shape index (κ2) is 9.41. The fourth-order valence-electron chi connectivity index (χ4n) is 2.81. The molecule has 0 aliphatic rings. The maximum Gasteiger partial charge on any atom is 0.258 e. The summed E-state index contributed by atoms with van der Waals surface area (Å²) < 4.78 is 7.53. The molecular weight excluding hydrogens is 360 g/mol. The molecule has 0 spiro atoms. The molecule has 0 aliphatic carbocycles. The summed E-state index contributed by atoms with van der Waals surface area (Å²) >= 11 is 1.73. The summed E-state index contributed by atoms with van der Waals surface area (Å²) in [4.78, 5) is 12.4. The van der Waals surface area contributed by atoms with Gasteiger partial charge in [-0.2, -0.15) is 11.8 Å². The Morgan fingerprint density at radius 3 is 2.78 bits per heavy atom. The molecule has 1 unspecified atom stereocenters. The van der Waals surface area contributed by atoms with Crippen LogP contribution in [-0.4, -0.2) is 39.1 Å². The van der Waals surface area contributed by atoms with Crippen LogP contribution < -0.4 is 10.1 Å². The predicted molar refractivity (Wildman–Crippen MR) is 108 cm³/mol. The highest BCUT2D eigenvalue weighted by atomic mass is 32.2. The molecule has 0 fully saturated rings. The SMILES string of the molecule is CCc1ccc(OCC(=O)NC(CCSC)c2nnc3ccccn23)cc1. The van der Waals surface area contributed by atoms with E-state index >= 15 is 0 Å². The van der Waals surface area contributed by atoms with Gasteiger partial charge >= 0.3 is 0 Å². The zero-order valence-electron chi connectivity index (χ0n) is 15.6. The van der Waals surface area contributed by atoms with Gasteiger partial charge in [-0.25, -0.2) is 0 Å². The molecule has 0 saturated carbocycles. The van der Waals surface area contributed by atoms with Gasteiger partial charge in [0.15, 0.2) is 18.1 Å². The van der Waals surface area contributed by atoms with Crippen molar-refractivity contribution < 1.29 is 9.53 Å². The number of pyridine rings is 1. The van der Waals surface area contributed by atoms with Crippen LogP contribution in [0.5, 0.6) is 5.75 Å². The summed E-state index contributed by atoms with van der Waals surface area (Å²) in [6, 6.07) is 13.3. The van der Waals surface area contributed by atoms with Gasteiger partial charge < -0.3 is 10.1 Å². The summed E-state index contributed by atoms with van der Waals surface area (Å²) in [6.45, 7) is 2.07. The first kappa shape index (κ1) is 19.2. The molecule has 1 N–H and O–H groups in total. The van der Waals surface area contributed by atoms with Crippen LogP contribution in [0, 0.1) is 0 Å². The third-order valence-electron chi connectivity index (χ3n) is 4.30. The van der Waals surface area contributed by atoms with Crippen LogP contribution in [-0.2, 0) is 11.2 Å². The van der Waals surface area contributed by atoms with Gasteiger partial charge in [-0.15, -0.1) is 10.2 Å². The van der Waals surface area contributed by atoms with E-state index in [4.69, 9.17) is 4.74 Å². The Kier molecular flexibility index (Phi) is 6.70. The van der Waals surface area contributed by atoms with Gasteiger partial charge in [0, 0.05) is 6.20 Å². The number of fused-ring (bicyclic) bond motifs is 1. The molecule has 0 saturated heterocycles. The normalized spacial score (nSPS) is 12.1. The molecule has 0 radical (unpaired) electrons. The smallest absolute Gasteiger partial charge is 0.258 e. The van der Waals surface area contributed by atoms with Gasteiger partial charge in [-0.1, -0.05) is 25.1 Å². The van der Waals surface area contributed by atoms with Crippen molar-refractivity contribution in [2.75, 3.05) is 18.6 Å². The lowest BCUT2D eigenvalue weighted by molar-refractivity contribution is -0.123. The first-order valence-electron chi connectivity index (χ1n) is 9.01. The summed E-state index contributed by atoms with van der Waals surface area (Å²) in [5, 5.41) is 11.5. The highest BCUT2D eigenvalue weighted by Gasteiger charge is 2.20. The lowest BCUT2D eigenvalue weighted by atomic mass is 10.2. The van der Waals surface area contributed by atoms with Gasteiger partial charge in [0.05, 0.1) is 6.04 Å². The minimum Gasteiger partial charge on any atom is -0.484 e. The van der Waals surface area contributed by atoms with Crippen molar-refractivity contribution in [3.63, 3.8) is 0 Å². The van der Waals surface area contributed by atoms with Gasteiger partial charge in [0.25, 0.3) is 5.91 Å². The molecule has 0 aliphatic heterocycles. The quantitative estimate of drug-likeness (QED) is 0.613. The van der Waals surface area contributed by atoms with Crippen LogP contribution >= 0.6 is 11.8 Å². The fourth-order valence-corrected chi connectivity index (χ4v) is 3.28. The van der Waals surface area contributed by atoms with Crippen molar-refractivity contribution in [3.05, 3.63) is 60.0 Å². The average Bonchev–Trinajstić information content (AvgIpc) is 3.14. The van der Waals surface area contributed by atoms with Crippen LogP contribution in [0.25, 0.3) is 5.65 Å². The summed E-state index contributed by atoms with van der Waals surface area (Å²) in [5.41, 5.74) is 2.01. The molecule has 2 heterocycles. The lowest BCUT2D eigenvalue weighted by Crippen LogP contribution is -2.34. The van der Waals surface area contributed by atoms with Crippen molar-refractivity contribution in [1.29, 1.82) is 0 Å². The van der Waals surface area contributed by atoms with Gasteiger partial charge in [-0.3, -0.25) is 9.20 Å². The zero-order valence-corrected chi connectivity index (χ0v) is 16.4. The number of benzene rings is 1. The lowest BCUT2D eigenvalue weighted by Gasteiger charge is -2.17. The highest BCUT2D eigenvalue weighted by molar-refractivity contribution is 7.98. The molecule has 27 heavy (non-hydrogen) atoms. The molecule has 142 valence electrons. The van der Waals surface area contributed by atoms with Crippen LogP contribution in [0.15, 0.2) is 48.7 Å². The van der Waals surface area contributed by atoms with E-state index in [0.717, 1.165) is 30.1 Å². The molecule has 0 bridgehead atoms. The standard InChI is InChI=1S/C20H24N4O2S/c1-3-15-7-9-16(10-8-15)26-14-19(25)21-17(11-13-27-2)20-23-22-18-6-4-5-12-24(18)20/h4-10,12,17H,3,11,13-14H2,1-2H3,(H,21,25). The van der Waals surface area contributed by atoms with Crippen LogP contribution in [0.1, 0.15) is 30.8 Å². The average molecular weight is 385 g/mol. The fraction of sp³-hybridized carbons (Fsp3) is 0.350. The minimum atomic E-state index is -0.214. The molecule has 3 rings (SSSR count). The number of aryl methyl sites for hydroxylation is 1. The van der Waals surface area contributed by atoms with Crippen LogP contribution in [0.3, 0.4) is 0 Å². The van der Waals surface area contributed by atoms with Crippen molar-refractivity contribution in [2.24, 2.45) is 0 Å². The maximum absolute atomic E-state index is 12.4. The molecule has 7 heteroatoms. The highest BCUT2D eigenvalue weighted by Crippen LogP contribution is 2.18. The van der Waals surface area contributed by atoms with Crippen LogP contribution in [0.2, 0.25) is 0 Å². The number of ether oxygens (including phenoxy) is 1. The van der Waals surface area contributed by atoms with E-state index in [2.05, 4.69) is 22.4 Å². The van der Waals surface area contributed by atoms with E-state index in [1.165, 1.54) is 5.56 Å². The van der Waals surface area contributed by atoms with E-state index < -0.39 is 0 Å². The van der Waals surface area contributed by atoms with E-state index in [9.17, 15) is 4.79 Å². The van der Waals surface area contributed by atoms with E-state index in [-0.39, 0.29) is 18.6 Å². The topological polar surface area (TPSA) is 68.5 Å².